The Morgan fingerprint density at radius 1 is 1.44 bits per heavy atom. The van der Waals surface area contributed by atoms with Gasteiger partial charge in [-0.2, -0.15) is 0 Å². The number of aryl methyl sites for hydroxylation is 1. The van der Waals surface area contributed by atoms with Gasteiger partial charge in [0.05, 0.1) is 0 Å². The molecule has 0 radical (unpaired) electrons. The molecule has 0 aliphatic carbocycles. The third-order valence-corrected chi connectivity index (χ3v) is 4.33. The number of rotatable bonds is 5. The fourth-order valence-corrected chi connectivity index (χ4v) is 3.29. The molecule has 1 fully saturated rings. The molecule has 1 saturated heterocycles. The van der Waals surface area contributed by atoms with Gasteiger partial charge in [0.25, 0.3) is 0 Å². The monoisotopic (exact) mass is 267 g/mol. The maximum atomic E-state index is 4.40. The van der Waals surface area contributed by atoms with Crippen molar-refractivity contribution in [3.63, 3.8) is 0 Å². The van der Waals surface area contributed by atoms with Crippen molar-refractivity contribution in [3.05, 3.63) is 16.1 Å². The second-order valence-electron chi connectivity index (χ2n) is 5.71. The fraction of sp³-hybridized carbons (Fsp3) is 0.786. The molecule has 4 heteroatoms. The van der Waals surface area contributed by atoms with Crippen molar-refractivity contribution in [2.75, 3.05) is 19.6 Å². The Morgan fingerprint density at radius 3 is 2.72 bits per heavy atom. The summed E-state index contributed by atoms with van der Waals surface area (Å²) in [7, 11) is 0. The van der Waals surface area contributed by atoms with Gasteiger partial charge in [0, 0.05) is 30.2 Å². The Kier molecular flexibility index (Phi) is 5.15. The molecule has 1 aromatic rings. The van der Waals surface area contributed by atoms with E-state index in [1.807, 2.05) is 6.20 Å². The van der Waals surface area contributed by atoms with E-state index in [4.69, 9.17) is 0 Å². The molecular formula is C14H25N3S. The number of nitrogens with one attached hydrogen (secondary N) is 1. The second-order valence-corrected chi connectivity index (χ2v) is 7.03. The Morgan fingerprint density at radius 2 is 2.17 bits per heavy atom. The van der Waals surface area contributed by atoms with E-state index in [-0.39, 0.29) is 0 Å². The zero-order chi connectivity index (χ0) is 13.0. The van der Waals surface area contributed by atoms with E-state index in [0.29, 0.717) is 6.04 Å². The molecule has 18 heavy (non-hydrogen) atoms. The van der Waals surface area contributed by atoms with Crippen molar-refractivity contribution in [3.8, 4) is 0 Å². The summed E-state index contributed by atoms with van der Waals surface area (Å²) >= 11 is 1.80. The zero-order valence-electron chi connectivity index (χ0n) is 11.8. The van der Waals surface area contributed by atoms with Crippen molar-refractivity contribution >= 4 is 11.3 Å². The highest BCUT2D eigenvalue weighted by Gasteiger charge is 2.19. The standard InChI is InChI=1S/C14H25N3S/c1-11(2)10-17-6-4-13(5-7-17)15-9-14-16-8-12(3)18-14/h8,11,13,15H,4-7,9-10H2,1-3H3. The predicted molar refractivity (Wildman–Crippen MR) is 78.0 cm³/mol. The number of aromatic nitrogens is 1. The first kappa shape index (κ1) is 14.0. The van der Waals surface area contributed by atoms with Gasteiger partial charge in [0.2, 0.25) is 0 Å². The number of piperidine rings is 1. The van der Waals surface area contributed by atoms with Gasteiger partial charge in [0.1, 0.15) is 5.01 Å². The zero-order valence-corrected chi connectivity index (χ0v) is 12.6. The topological polar surface area (TPSA) is 28.2 Å². The lowest BCUT2D eigenvalue weighted by atomic mass is 10.0. The van der Waals surface area contributed by atoms with Gasteiger partial charge in [-0.05, 0) is 38.8 Å². The molecule has 1 N–H and O–H groups in total. The first-order valence-electron chi connectivity index (χ1n) is 7.00. The van der Waals surface area contributed by atoms with E-state index in [9.17, 15) is 0 Å². The molecule has 1 aromatic heterocycles. The van der Waals surface area contributed by atoms with E-state index in [2.05, 4.69) is 36.0 Å². The summed E-state index contributed by atoms with van der Waals surface area (Å²) in [6.07, 6.45) is 4.51. The molecule has 102 valence electrons. The van der Waals surface area contributed by atoms with Gasteiger partial charge in [-0.25, -0.2) is 4.98 Å². The normalized spacial score (nSPS) is 18.7. The third-order valence-electron chi connectivity index (χ3n) is 3.42. The van der Waals surface area contributed by atoms with Gasteiger partial charge in [-0.3, -0.25) is 0 Å². The minimum Gasteiger partial charge on any atom is -0.308 e. The molecule has 0 unspecified atom stereocenters. The summed E-state index contributed by atoms with van der Waals surface area (Å²) in [6, 6.07) is 0.678. The van der Waals surface area contributed by atoms with Crippen LogP contribution in [0.25, 0.3) is 0 Å². The SMILES string of the molecule is Cc1cnc(CNC2CCN(CC(C)C)CC2)s1. The largest absolute Gasteiger partial charge is 0.308 e. The third kappa shape index (κ3) is 4.34. The summed E-state index contributed by atoms with van der Waals surface area (Å²) in [5.74, 6) is 0.785. The van der Waals surface area contributed by atoms with Gasteiger partial charge in [-0.1, -0.05) is 13.8 Å². The first-order valence-corrected chi connectivity index (χ1v) is 7.82. The van der Waals surface area contributed by atoms with Crippen LogP contribution in [0.1, 0.15) is 36.6 Å². The fourth-order valence-electron chi connectivity index (χ4n) is 2.55. The number of nitrogens with zero attached hydrogens (tertiary/aromatic N) is 2. The summed E-state index contributed by atoms with van der Waals surface area (Å²) < 4.78 is 0. The highest BCUT2D eigenvalue weighted by molar-refractivity contribution is 7.11. The van der Waals surface area contributed by atoms with Crippen molar-refractivity contribution in [2.24, 2.45) is 5.92 Å². The van der Waals surface area contributed by atoms with Crippen LogP contribution in [-0.4, -0.2) is 35.6 Å². The Labute approximate surface area is 115 Å². The minimum absolute atomic E-state index is 0.678. The van der Waals surface area contributed by atoms with Crippen molar-refractivity contribution < 1.29 is 0 Å². The minimum atomic E-state index is 0.678. The molecule has 1 aliphatic rings. The van der Waals surface area contributed by atoms with Crippen LogP contribution in [-0.2, 0) is 6.54 Å². The molecule has 0 aromatic carbocycles. The van der Waals surface area contributed by atoms with E-state index in [0.717, 1.165) is 12.5 Å². The molecule has 0 amide bonds. The average Bonchev–Trinajstić information content (AvgIpc) is 2.74. The molecule has 2 heterocycles. The summed E-state index contributed by atoms with van der Waals surface area (Å²) in [6.45, 7) is 11.4. The van der Waals surface area contributed by atoms with Crippen LogP contribution in [0.3, 0.4) is 0 Å². The predicted octanol–water partition coefficient (Wildman–Crippen LogP) is 2.66. The summed E-state index contributed by atoms with van der Waals surface area (Å²) in [4.78, 5) is 8.30. The van der Waals surface area contributed by atoms with Gasteiger partial charge in [-0.15, -0.1) is 11.3 Å². The van der Waals surface area contributed by atoms with Crippen LogP contribution >= 0.6 is 11.3 Å². The quantitative estimate of drug-likeness (QED) is 0.889. The van der Waals surface area contributed by atoms with Crippen LogP contribution in [0.5, 0.6) is 0 Å². The lowest BCUT2D eigenvalue weighted by molar-refractivity contribution is 0.179. The van der Waals surface area contributed by atoms with Crippen molar-refractivity contribution in [2.45, 2.75) is 46.2 Å². The highest BCUT2D eigenvalue weighted by atomic mass is 32.1. The lowest BCUT2D eigenvalue weighted by Gasteiger charge is -2.33. The van der Waals surface area contributed by atoms with Crippen LogP contribution < -0.4 is 5.32 Å². The molecule has 0 atom stereocenters. The number of thiazole rings is 1. The Hall–Kier alpha value is -0.450. The van der Waals surface area contributed by atoms with Crippen LogP contribution in [0, 0.1) is 12.8 Å². The average molecular weight is 267 g/mol. The van der Waals surface area contributed by atoms with Crippen molar-refractivity contribution in [1.82, 2.24) is 15.2 Å². The molecule has 0 spiro atoms. The number of likely N-dealkylation sites (tertiary alicyclic amines) is 1. The molecular weight excluding hydrogens is 242 g/mol. The summed E-state index contributed by atoms with van der Waals surface area (Å²) in [5, 5.41) is 4.87. The molecule has 0 saturated carbocycles. The maximum Gasteiger partial charge on any atom is 0.107 e. The second kappa shape index (κ2) is 6.64. The first-order chi connectivity index (χ1) is 8.63. The van der Waals surface area contributed by atoms with Crippen LogP contribution in [0.2, 0.25) is 0 Å². The van der Waals surface area contributed by atoms with Crippen LogP contribution in [0.4, 0.5) is 0 Å². The van der Waals surface area contributed by atoms with Gasteiger partial charge in [0.15, 0.2) is 0 Å². The number of hydrogen-bond acceptors (Lipinski definition) is 4. The van der Waals surface area contributed by atoms with Crippen molar-refractivity contribution in [1.29, 1.82) is 0 Å². The highest BCUT2D eigenvalue weighted by Crippen LogP contribution is 2.14. The Bertz CT molecular complexity index is 354. The lowest BCUT2D eigenvalue weighted by Crippen LogP contribution is -2.43. The van der Waals surface area contributed by atoms with Crippen LogP contribution in [0.15, 0.2) is 6.20 Å². The molecule has 2 rings (SSSR count). The van der Waals surface area contributed by atoms with E-state index in [1.54, 1.807) is 11.3 Å². The maximum absolute atomic E-state index is 4.40. The van der Waals surface area contributed by atoms with E-state index >= 15 is 0 Å². The Balaban J connectivity index is 1.67. The van der Waals surface area contributed by atoms with E-state index in [1.165, 1.54) is 42.4 Å². The summed E-state index contributed by atoms with van der Waals surface area (Å²) in [5.41, 5.74) is 0. The van der Waals surface area contributed by atoms with Gasteiger partial charge < -0.3 is 10.2 Å². The molecule has 0 bridgehead atoms. The van der Waals surface area contributed by atoms with Gasteiger partial charge >= 0.3 is 0 Å². The number of hydrogen-bond donors (Lipinski definition) is 1. The smallest absolute Gasteiger partial charge is 0.107 e. The van der Waals surface area contributed by atoms with E-state index < -0.39 is 0 Å². The molecule has 3 nitrogen and oxygen atoms in total. The molecule has 1 aliphatic heterocycles.